The Bertz CT molecular complexity index is 643. The normalized spacial score (nSPS) is 11.3. The predicted octanol–water partition coefficient (Wildman–Crippen LogP) is -2.33. The van der Waals surface area contributed by atoms with Gasteiger partial charge in [-0.05, 0) is 38.0 Å². The van der Waals surface area contributed by atoms with Crippen LogP contribution in [-0.2, 0) is 6.18 Å². The summed E-state index contributed by atoms with van der Waals surface area (Å²) in [6.07, 6.45) is -4.32. The fraction of sp³-hybridized carbons (Fsp3) is 0.368. The Hall–Kier alpha value is -0.640. The van der Waals surface area contributed by atoms with Gasteiger partial charge in [-0.1, -0.05) is 49.9 Å². The molecule has 8 N–H and O–H groups in total. The van der Waals surface area contributed by atoms with E-state index in [9.17, 15) is 13.2 Å². The van der Waals surface area contributed by atoms with Crippen molar-refractivity contribution < 1.29 is 71.8 Å². The Labute approximate surface area is 194 Å². The van der Waals surface area contributed by atoms with Crippen molar-refractivity contribution in [3.8, 4) is 0 Å². The van der Waals surface area contributed by atoms with Crippen LogP contribution in [0.3, 0.4) is 0 Å². The van der Waals surface area contributed by atoms with E-state index in [1.165, 1.54) is 30.2 Å². The topological polar surface area (TPSA) is 115 Å². The number of quaternary nitrogens is 1. The van der Waals surface area contributed by atoms with E-state index in [4.69, 9.17) is 5.73 Å². The van der Waals surface area contributed by atoms with Gasteiger partial charge in [0.15, 0.2) is 0 Å². The van der Waals surface area contributed by atoms with Crippen molar-refractivity contribution in [2.24, 2.45) is 5.73 Å². The molecule has 0 saturated heterocycles. The first-order valence-corrected chi connectivity index (χ1v) is 7.45. The number of halogens is 4. The van der Waals surface area contributed by atoms with Gasteiger partial charge in [-0.2, -0.15) is 13.2 Å². The fourth-order valence-corrected chi connectivity index (χ4v) is 2.29. The molecule has 0 fully saturated rings. The summed E-state index contributed by atoms with van der Waals surface area (Å²) < 4.78 is 37.1. The maximum atomic E-state index is 12.4. The maximum Gasteiger partial charge on any atom is 1.00 e. The monoisotopic (exact) mass is 434 g/mol. The summed E-state index contributed by atoms with van der Waals surface area (Å²) >= 11 is 0. The molecule has 0 saturated carbocycles. The first-order valence-electron chi connectivity index (χ1n) is 7.45. The molecule has 0 aliphatic rings. The number of hydrogen-bond donors (Lipinski definition) is 2. The molecule has 0 unspecified atom stereocenters. The quantitative estimate of drug-likeness (QED) is 0.516. The van der Waals surface area contributed by atoms with Gasteiger partial charge in [-0.25, -0.2) is 0 Å². The molecule has 2 aromatic carbocycles. The smallest absolute Gasteiger partial charge is 1.00 e. The minimum Gasteiger partial charge on any atom is -1.00 e. The molecule has 158 valence electrons. The van der Waals surface area contributed by atoms with Gasteiger partial charge < -0.3 is 34.8 Å². The number of nitrogens with two attached hydrogens (primary N) is 1. The van der Waals surface area contributed by atoms with E-state index >= 15 is 0 Å². The zero-order valence-electron chi connectivity index (χ0n) is 16.0. The maximum absolute atomic E-state index is 12.4. The first kappa shape index (κ1) is 38.0. The summed E-state index contributed by atoms with van der Waals surface area (Å²) in [6, 6.07) is 13.5. The average molecular weight is 435 g/mol. The van der Waals surface area contributed by atoms with Gasteiger partial charge in [0.2, 0.25) is 0 Å². The third kappa shape index (κ3) is 12.0. The summed E-state index contributed by atoms with van der Waals surface area (Å²) in [5.41, 5.74) is 11.6. The molecule has 0 aromatic heterocycles. The van der Waals surface area contributed by atoms with Crippen LogP contribution in [0.1, 0.15) is 55.6 Å². The van der Waals surface area contributed by atoms with Gasteiger partial charge in [-0.15, -0.1) is 0 Å². The third-order valence-electron chi connectivity index (χ3n) is 3.48. The second kappa shape index (κ2) is 17.2. The van der Waals surface area contributed by atoms with E-state index in [0.29, 0.717) is 6.04 Å². The Morgan fingerprint density at radius 3 is 1.61 bits per heavy atom. The summed E-state index contributed by atoms with van der Waals surface area (Å²) in [7, 11) is 0. The number of hydrogen-bond acceptors (Lipinski definition) is 2. The Morgan fingerprint density at radius 2 is 1.32 bits per heavy atom. The van der Waals surface area contributed by atoms with E-state index in [2.05, 4.69) is 43.8 Å². The molecule has 0 bridgehead atoms. The number of benzene rings is 2. The molecule has 2 atom stereocenters. The minimum atomic E-state index is -4.32. The molecule has 4 nitrogen and oxygen atoms in total. The van der Waals surface area contributed by atoms with Gasteiger partial charge in [0.05, 0.1) is 5.56 Å². The van der Waals surface area contributed by atoms with Crippen molar-refractivity contribution in [1.29, 1.82) is 0 Å². The largest absolute Gasteiger partial charge is 1.00 e. The number of aryl methyl sites for hydroxylation is 1. The fourth-order valence-electron chi connectivity index (χ4n) is 2.29. The Balaban J connectivity index is -0.000000109. The second-order valence-electron chi connectivity index (χ2n) is 5.63. The molecule has 0 heterocycles. The van der Waals surface area contributed by atoms with Crippen LogP contribution in [0, 0.1) is 6.92 Å². The predicted molar refractivity (Wildman–Crippen MR) is 98.8 cm³/mol. The van der Waals surface area contributed by atoms with Crippen LogP contribution in [0.2, 0.25) is 0 Å². The van der Waals surface area contributed by atoms with E-state index < -0.39 is 17.8 Å². The van der Waals surface area contributed by atoms with E-state index in [1.54, 1.807) is 6.07 Å². The van der Waals surface area contributed by atoms with Gasteiger partial charge in [0.25, 0.3) is 0 Å². The number of rotatable bonds is 2. The zero-order valence-corrected chi connectivity index (χ0v) is 18.8. The van der Waals surface area contributed by atoms with E-state index in [0.717, 1.165) is 6.07 Å². The third-order valence-corrected chi connectivity index (χ3v) is 3.48. The van der Waals surface area contributed by atoms with Crippen molar-refractivity contribution in [1.82, 2.24) is 0 Å². The van der Waals surface area contributed by atoms with Crippen molar-refractivity contribution >= 4 is 0 Å². The molecule has 0 radical (unpaired) electrons. The van der Waals surface area contributed by atoms with E-state index in [-0.39, 0.29) is 65.9 Å². The summed E-state index contributed by atoms with van der Waals surface area (Å²) in [5.74, 6) is 0. The van der Waals surface area contributed by atoms with Crippen molar-refractivity contribution in [3.63, 3.8) is 0 Å². The molecule has 0 spiro atoms. The van der Waals surface area contributed by atoms with Crippen LogP contribution in [0.25, 0.3) is 0 Å². The molecule has 2 rings (SSSR count). The van der Waals surface area contributed by atoms with Crippen LogP contribution in [-0.4, -0.2) is 11.0 Å². The molecule has 0 aliphatic heterocycles. The van der Waals surface area contributed by atoms with Crippen molar-refractivity contribution in [2.75, 3.05) is 0 Å². The molecule has 2 aromatic rings. The van der Waals surface area contributed by atoms with Gasteiger partial charge >= 0.3 is 35.7 Å². The summed E-state index contributed by atoms with van der Waals surface area (Å²) in [6.45, 7) is 5.77. The molecule has 0 amide bonds. The molecular weight excluding hydrogens is 404 g/mol. The minimum absolute atomic E-state index is 0. The molecular formula is C19H31ClF3N2NaO2. The van der Waals surface area contributed by atoms with Crippen LogP contribution in [0.15, 0.2) is 48.5 Å². The van der Waals surface area contributed by atoms with Crippen molar-refractivity contribution in [2.45, 2.75) is 46.5 Å². The van der Waals surface area contributed by atoms with Crippen molar-refractivity contribution in [3.05, 3.63) is 70.8 Å². The van der Waals surface area contributed by atoms with Gasteiger partial charge in [-0.3, -0.25) is 0 Å². The first-order chi connectivity index (χ1) is 10.6. The standard InChI is InChI=1S/C9H10F3N.C9H13N.CH4.ClH.Na.2H2O/c1-6(13)7-4-2-3-5-8(7)9(10,11)12;1-7-5-3-4-6-9(7)8(2)10;;;;;/h2-6H,13H2,1H3;3-6,8H,10H2,1-2H3;1H4;1H;;2*1H2/q;;;;+1;;/p-1/t6-;8-;;;;;/m00...../s1. The number of alkyl halides is 3. The molecule has 0 aliphatic carbocycles. The summed E-state index contributed by atoms with van der Waals surface area (Å²) in [5, 5.41) is 0. The summed E-state index contributed by atoms with van der Waals surface area (Å²) in [4.78, 5) is 0. The van der Waals surface area contributed by atoms with Crippen LogP contribution in [0.4, 0.5) is 13.2 Å². The average Bonchev–Trinajstić information content (AvgIpc) is 2.47. The van der Waals surface area contributed by atoms with Crippen LogP contribution in [0.5, 0.6) is 0 Å². The van der Waals surface area contributed by atoms with Crippen LogP contribution >= 0.6 is 0 Å². The van der Waals surface area contributed by atoms with Crippen LogP contribution < -0.4 is 53.4 Å². The molecule has 28 heavy (non-hydrogen) atoms. The second-order valence-corrected chi connectivity index (χ2v) is 5.63. The van der Waals surface area contributed by atoms with Gasteiger partial charge in [0.1, 0.15) is 6.04 Å². The van der Waals surface area contributed by atoms with Gasteiger partial charge in [0, 0.05) is 11.6 Å². The Morgan fingerprint density at radius 1 is 0.929 bits per heavy atom. The van der Waals surface area contributed by atoms with E-state index in [1.807, 2.05) is 0 Å². The zero-order chi connectivity index (χ0) is 17.6. The SMILES string of the molecule is C.C[C@H](N)c1ccccc1C(F)(F)F.Cc1ccccc1[C@H](C)[NH3+].O.[Cl-].[Na+].[OH-]. The molecule has 9 heteroatoms. The Kier molecular flexibility index (Phi) is 23.4.